The number of nitrogens with two attached hydrogens (primary N) is 1. The normalized spacial score (nSPS) is 16.3. The van der Waals surface area contributed by atoms with E-state index in [2.05, 4.69) is 10.1 Å². The number of carbonyl (C=O) groups is 2. The highest BCUT2D eigenvalue weighted by atomic mass is 35.5. The Kier molecular flexibility index (Phi) is 7.10. The number of rotatable bonds is 5. The minimum Gasteiger partial charge on any atom is -0.406 e. The number of hydrogen-bond donors (Lipinski definition) is 2. The van der Waals surface area contributed by atoms with Crippen molar-refractivity contribution >= 4 is 29.9 Å². The molecule has 0 aromatic heterocycles. The number of alkyl halides is 3. The van der Waals surface area contributed by atoms with Crippen molar-refractivity contribution in [3.63, 3.8) is 0 Å². The molecule has 10 heteroatoms. The van der Waals surface area contributed by atoms with Crippen molar-refractivity contribution in [3.8, 4) is 5.75 Å². The predicted octanol–water partition coefficient (Wildman–Crippen LogP) is 3.00. The summed E-state index contributed by atoms with van der Waals surface area (Å²) in [6.45, 7) is 0.625. The van der Waals surface area contributed by atoms with E-state index in [0.29, 0.717) is 18.5 Å². The number of amides is 2. The Bertz CT molecular complexity index is 875. The molecule has 2 amide bonds. The molecule has 0 radical (unpaired) electrons. The van der Waals surface area contributed by atoms with E-state index in [1.54, 1.807) is 24.3 Å². The Balaban J connectivity index is 0.00000300. The van der Waals surface area contributed by atoms with Gasteiger partial charge in [-0.2, -0.15) is 0 Å². The van der Waals surface area contributed by atoms with E-state index in [-0.39, 0.29) is 24.6 Å². The lowest BCUT2D eigenvalue weighted by Gasteiger charge is -2.18. The summed E-state index contributed by atoms with van der Waals surface area (Å²) in [6.07, 6.45) is -4.47. The third-order valence-electron chi connectivity index (χ3n) is 4.33. The summed E-state index contributed by atoms with van der Waals surface area (Å²) in [4.78, 5) is 26.3. The second-order valence-corrected chi connectivity index (χ2v) is 6.25. The summed E-state index contributed by atoms with van der Waals surface area (Å²) >= 11 is 0. The van der Waals surface area contributed by atoms with Gasteiger partial charge in [-0.25, -0.2) is 0 Å². The molecule has 2 aromatic rings. The van der Waals surface area contributed by atoms with Gasteiger partial charge in [0.1, 0.15) is 11.8 Å². The lowest BCUT2D eigenvalue weighted by atomic mass is 10.1. The number of ether oxygens (including phenoxy) is 1. The molecule has 1 unspecified atom stereocenters. The molecule has 0 spiro atoms. The standard InChI is InChI=1S/C19H18F3N3O3.ClH/c20-19(21,22)28-15-3-1-2-14(10-15)25-9-8-16(18(25)27)24-17(26)13-6-4-12(11-23)5-7-13;/h1-7,10,16H,8-9,11,23H2,(H,24,26);1H. The monoisotopic (exact) mass is 429 g/mol. The second kappa shape index (κ2) is 9.15. The zero-order valence-corrected chi connectivity index (χ0v) is 15.9. The Morgan fingerprint density at radius 1 is 1.21 bits per heavy atom. The van der Waals surface area contributed by atoms with Gasteiger partial charge < -0.3 is 20.7 Å². The van der Waals surface area contributed by atoms with E-state index in [4.69, 9.17) is 5.73 Å². The van der Waals surface area contributed by atoms with Gasteiger partial charge in [-0.15, -0.1) is 25.6 Å². The van der Waals surface area contributed by atoms with Crippen molar-refractivity contribution in [1.82, 2.24) is 5.32 Å². The summed E-state index contributed by atoms with van der Waals surface area (Å²) in [7, 11) is 0. The quantitative estimate of drug-likeness (QED) is 0.765. The van der Waals surface area contributed by atoms with Gasteiger partial charge in [0.15, 0.2) is 0 Å². The molecule has 29 heavy (non-hydrogen) atoms. The van der Waals surface area contributed by atoms with Crippen molar-refractivity contribution in [2.75, 3.05) is 11.4 Å². The number of halogens is 4. The first-order chi connectivity index (χ1) is 13.3. The van der Waals surface area contributed by atoms with Crippen LogP contribution in [0.4, 0.5) is 18.9 Å². The molecule has 0 saturated carbocycles. The first-order valence-corrected chi connectivity index (χ1v) is 8.54. The summed E-state index contributed by atoms with van der Waals surface area (Å²) in [5.41, 5.74) is 7.06. The predicted molar refractivity (Wildman–Crippen MR) is 103 cm³/mol. The summed E-state index contributed by atoms with van der Waals surface area (Å²) < 4.78 is 41.0. The minimum atomic E-state index is -4.82. The number of anilines is 1. The topological polar surface area (TPSA) is 84.7 Å². The minimum absolute atomic E-state index is 0. The van der Waals surface area contributed by atoms with Crippen LogP contribution in [-0.2, 0) is 11.3 Å². The smallest absolute Gasteiger partial charge is 0.406 e. The number of hydrogen-bond acceptors (Lipinski definition) is 4. The van der Waals surface area contributed by atoms with Crippen LogP contribution in [0.2, 0.25) is 0 Å². The molecule has 3 N–H and O–H groups in total. The first kappa shape index (κ1) is 22.5. The van der Waals surface area contributed by atoms with Gasteiger partial charge >= 0.3 is 6.36 Å². The van der Waals surface area contributed by atoms with Gasteiger partial charge in [0.05, 0.1) is 0 Å². The van der Waals surface area contributed by atoms with E-state index >= 15 is 0 Å². The van der Waals surface area contributed by atoms with Crippen molar-refractivity contribution in [3.05, 3.63) is 59.7 Å². The fourth-order valence-electron chi connectivity index (χ4n) is 2.95. The molecular weight excluding hydrogens is 411 g/mol. The number of nitrogens with zero attached hydrogens (tertiary/aromatic N) is 1. The molecular formula is C19H19ClF3N3O3. The molecule has 1 heterocycles. The molecule has 1 fully saturated rings. The molecule has 1 saturated heterocycles. The van der Waals surface area contributed by atoms with Crippen molar-refractivity contribution in [1.29, 1.82) is 0 Å². The Labute approximate surface area is 171 Å². The molecule has 0 bridgehead atoms. The molecule has 1 atom stereocenters. The maximum atomic E-state index is 12.6. The van der Waals surface area contributed by atoms with Crippen LogP contribution in [-0.4, -0.2) is 30.8 Å². The van der Waals surface area contributed by atoms with E-state index in [0.717, 1.165) is 17.7 Å². The number of carbonyl (C=O) groups excluding carboxylic acids is 2. The van der Waals surface area contributed by atoms with Gasteiger partial charge in [0, 0.05) is 30.4 Å². The van der Waals surface area contributed by atoms with Gasteiger partial charge in [-0.05, 0) is 36.2 Å². The van der Waals surface area contributed by atoms with Crippen molar-refractivity contribution < 1.29 is 27.5 Å². The molecule has 0 aliphatic carbocycles. The Morgan fingerprint density at radius 2 is 1.90 bits per heavy atom. The highest BCUT2D eigenvalue weighted by Crippen LogP contribution is 2.29. The third kappa shape index (κ3) is 5.61. The number of nitrogens with one attached hydrogen (secondary N) is 1. The largest absolute Gasteiger partial charge is 0.573 e. The fourth-order valence-corrected chi connectivity index (χ4v) is 2.95. The highest BCUT2D eigenvalue weighted by molar-refractivity contribution is 6.04. The van der Waals surface area contributed by atoms with E-state index < -0.39 is 30.0 Å². The third-order valence-corrected chi connectivity index (χ3v) is 4.33. The molecule has 2 aromatic carbocycles. The van der Waals surface area contributed by atoms with Gasteiger partial charge in [-0.1, -0.05) is 18.2 Å². The van der Waals surface area contributed by atoms with Crippen molar-refractivity contribution in [2.45, 2.75) is 25.4 Å². The lowest BCUT2D eigenvalue weighted by Crippen LogP contribution is -2.41. The van der Waals surface area contributed by atoms with Crippen LogP contribution in [0.3, 0.4) is 0 Å². The second-order valence-electron chi connectivity index (χ2n) is 6.25. The lowest BCUT2D eigenvalue weighted by molar-refractivity contribution is -0.274. The van der Waals surface area contributed by atoms with Crippen LogP contribution in [0.15, 0.2) is 48.5 Å². The van der Waals surface area contributed by atoms with Gasteiger partial charge in [-0.3, -0.25) is 9.59 Å². The molecule has 3 rings (SSSR count). The van der Waals surface area contributed by atoms with Crippen LogP contribution in [0.1, 0.15) is 22.3 Å². The zero-order valence-electron chi connectivity index (χ0n) is 15.1. The van der Waals surface area contributed by atoms with Crippen molar-refractivity contribution in [2.24, 2.45) is 5.73 Å². The van der Waals surface area contributed by atoms with E-state index in [1.165, 1.54) is 17.0 Å². The van der Waals surface area contributed by atoms with Crippen LogP contribution in [0.25, 0.3) is 0 Å². The van der Waals surface area contributed by atoms with E-state index in [1.807, 2.05) is 0 Å². The summed E-state index contributed by atoms with van der Waals surface area (Å²) in [5, 5.41) is 2.66. The maximum absolute atomic E-state index is 12.6. The first-order valence-electron chi connectivity index (χ1n) is 8.54. The number of benzene rings is 2. The van der Waals surface area contributed by atoms with Gasteiger partial charge in [0.2, 0.25) is 5.91 Å². The average Bonchev–Trinajstić information content (AvgIpc) is 3.01. The summed E-state index contributed by atoms with van der Waals surface area (Å²) in [6, 6.07) is 11.1. The Hall–Kier alpha value is -2.78. The van der Waals surface area contributed by atoms with Crippen LogP contribution < -0.4 is 20.7 Å². The van der Waals surface area contributed by atoms with E-state index in [9.17, 15) is 22.8 Å². The Morgan fingerprint density at radius 3 is 2.52 bits per heavy atom. The zero-order chi connectivity index (χ0) is 20.3. The summed E-state index contributed by atoms with van der Waals surface area (Å²) in [5.74, 6) is -1.21. The van der Waals surface area contributed by atoms with Crippen LogP contribution in [0, 0.1) is 0 Å². The maximum Gasteiger partial charge on any atom is 0.573 e. The highest BCUT2D eigenvalue weighted by Gasteiger charge is 2.35. The van der Waals surface area contributed by atoms with Crippen LogP contribution in [0.5, 0.6) is 5.75 Å². The SMILES string of the molecule is Cl.NCc1ccc(C(=O)NC2CCN(c3cccc(OC(F)(F)F)c3)C2=O)cc1. The fraction of sp³-hybridized carbons (Fsp3) is 0.263. The average molecular weight is 430 g/mol. The molecule has 6 nitrogen and oxygen atoms in total. The molecule has 1 aliphatic rings. The molecule has 1 aliphatic heterocycles. The molecule has 156 valence electrons. The van der Waals surface area contributed by atoms with Gasteiger partial charge in [0.25, 0.3) is 5.91 Å². The van der Waals surface area contributed by atoms with Crippen LogP contribution >= 0.6 is 12.4 Å².